The van der Waals surface area contributed by atoms with Gasteiger partial charge in [-0.1, -0.05) is 42.5 Å². The molecule has 3 atom stereocenters. The molecule has 0 aromatic heterocycles. The average molecular weight is 503 g/mol. The van der Waals surface area contributed by atoms with Crippen LogP contribution < -0.4 is 10.0 Å². The molecule has 186 valence electrons. The number of anilines is 2. The Morgan fingerprint density at radius 1 is 1.06 bits per heavy atom. The molecule has 1 aliphatic carbocycles. The van der Waals surface area contributed by atoms with Crippen LogP contribution >= 0.6 is 0 Å². The number of aryl methyl sites for hydroxylation is 2. The van der Waals surface area contributed by atoms with Crippen molar-refractivity contribution in [2.75, 3.05) is 17.1 Å². The quantitative estimate of drug-likeness (QED) is 0.336. The molecule has 2 N–H and O–H groups in total. The predicted molar refractivity (Wildman–Crippen MR) is 142 cm³/mol. The number of carbonyl (C=O) groups is 1. The van der Waals surface area contributed by atoms with E-state index in [1.54, 1.807) is 24.3 Å². The van der Waals surface area contributed by atoms with Crippen molar-refractivity contribution in [1.29, 1.82) is 0 Å². The van der Waals surface area contributed by atoms with Crippen molar-refractivity contribution >= 4 is 27.4 Å². The summed E-state index contributed by atoms with van der Waals surface area (Å²) in [6.45, 7) is 5.96. The Balaban J connectivity index is 1.50. The van der Waals surface area contributed by atoms with Crippen molar-refractivity contribution in [3.63, 3.8) is 0 Å². The van der Waals surface area contributed by atoms with Gasteiger partial charge in [0.05, 0.1) is 28.8 Å². The van der Waals surface area contributed by atoms with Crippen LogP contribution in [0.3, 0.4) is 0 Å². The molecule has 2 aliphatic rings. The van der Waals surface area contributed by atoms with Gasteiger partial charge in [0.2, 0.25) is 0 Å². The maximum atomic E-state index is 13.4. The molecule has 36 heavy (non-hydrogen) atoms. The minimum Gasteiger partial charge on any atom is -0.465 e. The van der Waals surface area contributed by atoms with Gasteiger partial charge in [0, 0.05) is 11.6 Å². The van der Waals surface area contributed by atoms with E-state index in [0.717, 1.165) is 34.4 Å². The molecule has 0 saturated carbocycles. The van der Waals surface area contributed by atoms with Gasteiger partial charge in [-0.25, -0.2) is 13.2 Å². The molecule has 2 unspecified atom stereocenters. The Morgan fingerprint density at radius 3 is 2.42 bits per heavy atom. The first kappa shape index (κ1) is 24.1. The molecule has 1 heterocycles. The van der Waals surface area contributed by atoms with Crippen LogP contribution in [0.15, 0.2) is 77.7 Å². The molecule has 1 aliphatic heterocycles. The molecule has 5 rings (SSSR count). The van der Waals surface area contributed by atoms with E-state index in [1.807, 2.05) is 50.2 Å². The van der Waals surface area contributed by atoms with Crippen LogP contribution in [0.4, 0.5) is 11.4 Å². The van der Waals surface area contributed by atoms with Crippen LogP contribution in [0.5, 0.6) is 0 Å². The zero-order valence-corrected chi connectivity index (χ0v) is 21.6. The lowest BCUT2D eigenvalue weighted by Crippen LogP contribution is -2.44. The molecule has 0 saturated heterocycles. The van der Waals surface area contributed by atoms with E-state index in [-0.39, 0.29) is 22.7 Å². The van der Waals surface area contributed by atoms with E-state index in [1.165, 1.54) is 7.11 Å². The number of benzene rings is 3. The second kappa shape index (κ2) is 8.82. The number of fused-ring (bicyclic) bond motifs is 3. The highest BCUT2D eigenvalue weighted by Crippen LogP contribution is 2.53. The highest BCUT2D eigenvalue weighted by molar-refractivity contribution is 7.92. The number of hydrogen-bond donors (Lipinski definition) is 2. The molecule has 0 amide bonds. The van der Waals surface area contributed by atoms with Crippen LogP contribution in [-0.4, -0.2) is 21.5 Å². The van der Waals surface area contributed by atoms with Gasteiger partial charge >= 0.3 is 5.97 Å². The van der Waals surface area contributed by atoms with Crippen molar-refractivity contribution < 1.29 is 17.9 Å². The SMILES string of the molecule is COC(=O)c1ccc([C@@]2(C)Nc3ccc(S(=O)(=O)Nc4c(C)cccc4C)cc3C3C=CCC32)cc1. The summed E-state index contributed by atoms with van der Waals surface area (Å²) in [6.07, 6.45) is 5.22. The summed E-state index contributed by atoms with van der Waals surface area (Å²) in [7, 11) is -2.39. The molecule has 0 spiro atoms. The van der Waals surface area contributed by atoms with E-state index in [9.17, 15) is 13.2 Å². The number of esters is 1. The van der Waals surface area contributed by atoms with Gasteiger partial charge in [0.25, 0.3) is 10.0 Å². The lowest BCUT2D eigenvalue weighted by molar-refractivity contribution is 0.0600. The number of nitrogens with one attached hydrogen (secondary N) is 2. The minimum atomic E-state index is -3.76. The highest BCUT2D eigenvalue weighted by Gasteiger charge is 2.46. The smallest absolute Gasteiger partial charge is 0.337 e. The summed E-state index contributed by atoms with van der Waals surface area (Å²) in [5.74, 6) is -0.0994. The third kappa shape index (κ3) is 3.97. The number of hydrogen-bond acceptors (Lipinski definition) is 5. The van der Waals surface area contributed by atoms with Gasteiger partial charge in [-0.3, -0.25) is 4.72 Å². The number of sulfonamides is 1. The van der Waals surface area contributed by atoms with Crippen molar-refractivity contribution in [3.8, 4) is 0 Å². The van der Waals surface area contributed by atoms with Gasteiger partial charge < -0.3 is 10.1 Å². The second-order valence-electron chi connectivity index (χ2n) is 9.81. The summed E-state index contributed by atoms with van der Waals surface area (Å²) in [6, 6.07) is 18.5. The highest BCUT2D eigenvalue weighted by atomic mass is 32.2. The van der Waals surface area contributed by atoms with E-state index in [4.69, 9.17) is 4.74 Å². The molecule has 0 bridgehead atoms. The molecule has 3 aromatic rings. The summed E-state index contributed by atoms with van der Waals surface area (Å²) >= 11 is 0. The number of rotatable bonds is 5. The fraction of sp³-hybridized carbons (Fsp3) is 0.276. The van der Waals surface area contributed by atoms with E-state index >= 15 is 0 Å². The molecule has 0 radical (unpaired) electrons. The Bertz CT molecular complexity index is 1460. The molecule has 3 aromatic carbocycles. The summed E-state index contributed by atoms with van der Waals surface area (Å²) in [5.41, 5.74) is 5.44. The van der Waals surface area contributed by atoms with Crippen LogP contribution in [0, 0.1) is 19.8 Å². The van der Waals surface area contributed by atoms with Crippen LogP contribution in [0.1, 0.15) is 51.9 Å². The van der Waals surface area contributed by atoms with Crippen LogP contribution in [0.2, 0.25) is 0 Å². The Hall–Kier alpha value is -3.58. The van der Waals surface area contributed by atoms with Gasteiger partial charge in [-0.2, -0.15) is 0 Å². The zero-order chi connectivity index (χ0) is 25.7. The summed E-state index contributed by atoms with van der Waals surface area (Å²) < 4.78 is 34.3. The van der Waals surface area contributed by atoms with Crippen molar-refractivity contribution in [2.45, 2.75) is 43.5 Å². The lowest BCUT2D eigenvalue weighted by Gasteiger charge is -2.46. The second-order valence-corrected chi connectivity index (χ2v) is 11.5. The topological polar surface area (TPSA) is 84.5 Å². The fourth-order valence-corrected chi connectivity index (χ4v) is 6.80. The molecular formula is C29H30N2O4S. The maximum Gasteiger partial charge on any atom is 0.337 e. The fourth-order valence-electron chi connectivity index (χ4n) is 5.56. The number of para-hydroxylation sites is 1. The van der Waals surface area contributed by atoms with Gasteiger partial charge in [0.1, 0.15) is 0 Å². The molecule has 7 heteroatoms. The summed E-state index contributed by atoms with van der Waals surface area (Å²) in [5, 5.41) is 3.70. The van der Waals surface area contributed by atoms with Crippen molar-refractivity contribution in [2.24, 2.45) is 5.92 Å². The van der Waals surface area contributed by atoms with Gasteiger partial charge in [-0.05, 0) is 85.7 Å². The Labute approximate surface area is 212 Å². The third-order valence-corrected chi connectivity index (χ3v) is 8.97. The number of carbonyl (C=O) groups excluding carboxylic acids is 1. The molecule has 6 nitrogen and oxygen atoms in total. The Morgan fingerprint density at radius 2 is 1.75 bits per heavy atom. The number of methoxy groups -OCH3 is 1. The number of allylic oxidation sites excluding steroid dienone is 2. The van der Waals surface area contributed by atoms with E-state index in [2.05, 4.69) is 29.1 Å². The monoisotopic (exact) mass is 502 g/mol. The third-order valence-electron chi connectivity index (χ3n) is 7.62. The van der Waals surface area contributed by atoms with Crippen molar-refractivity contribution in [3.05, 3.63) is 101 Å². The van der Waals surface area contributed by atoms with Gasteiger partial charge in [0.15, 0.2) is 0 Å². The first-order valence-corrected chi connectivity index (χ1v) is 13.5. The molecule has 0 fully saturated rings. The normalized spacial score (nSPS) is 22.3. The summed E-state index contributed by atoms with van der Waals surface area (Å²) in [4.78, 5) is 12.1. The first-order valence-electron chi connectivity index (χ1n) is 12.0. The first-order chi connectivity index (χ1) is 17.1. The molecular weight excluding hydrogens is 472 g/mol. The average Bonchev–Trinajstić information content (AvgIpc) is 3.37. The van der Waals surface area contributed by atoms with Crippen molar-refractivity contribution in [1.82, 2.24) is 0 Å². The van der Waals surface area contributed by atoms with E-state index < -0.39 is 15.6 Å². The largest absolute Gasteiger partial charge is 0.465 e. The maximum absolute atomic E-state index is 13.4. The standard InChI is InChI=1S/C29H30N2O4S/c1-18-7-5-8-19(2)27(18)31-36(33,34)22-15-16-26-24(17-22)23-9-6-10-25(23)29(3,30-26)21-13-11-20(12-14-21)28(32)35-4/h5-9,11-17,23,25,30-31H,10H2,1-4H3/t23?,25?,29-/m1/s1. The minimum absolute atomic E-state index is 0.0712. The van der Waals surface area contributed by atoms with Gasteiger partial charge in [-0.15, -0.1) is 0 Å². The predicted octanol–water partition coefficient (Wildman–Crippen LogP) is 5.89. The zero-order valence-electron chi connectivity index (χ0n) is 20.8. The van der Waals surface area contributed by atoms with E-state index in [0.29, 0.717) is 11.3 Å². The van der Waals surface area contributed by atoms with Crippen LogP contribution in [0.25, 0.3) is 0 Å². The number of ether oxygens (including phenoxy) is 1. The Kier molecular flexibility index (Phi) is 5.91. The van der Waals surface area contributed by atoms with Crippen LogP contribution in [-0.2, 0) is 20.3 Å². The lowest BCUT2D eigenvalue weighted by atomic mass is 9.68.